The van der Waals surface area contributed by atoms with Crippen molar-refractivity contribution in [3.05, 3.63) is 65.7 Å². The smallest absolute Gasteiger partial charge is 0.365 e. The maximum absolute atomic E-state index is 13.2. The Morgan fingerprint density at radius 1 is 0.732 bits per heavy atom. The van der Waals surface area contributed by atoms with Gasteiger partial charge < -0.3 is 14.0 Å². The molecule has 0 N–H and O–H groups in total. The molecule has 2 aromatic rings. The number of likely N-dealkylation sites (N-methyl/N-ethyl adjacent to an activating group) is 1. The molecule has 4 nitrogen and oxygen atoms in total. The average molecular weight is 567 g/mol. The molecule has 0 amide bonds. The van der Waals surface area contributed by atoms with Crippen molar-refractivity contribution >= 4 is 5.97 Å². The van der Waals surface area contributed by atoms with Crippen molar-refractivity contribution in [3.8, 4) is 5.75 Å². The van der Waals surface area contributed by atoms with Gasteiger partial charge in [0.1, 0.15) is 25.0 Å². The Kier molecular flexibility index (Phi) is 17.5. The van der Waals surface area contributed by atoms with Crippen LogP contribution in [0.3, 0.4) is 0 Å². The number of quaternary nitrogens is 1. The molecule has 0 saturated carbocycles. The van der Waals surface area contributed by atoms with E-state index in [0.717, 1.165) is 31.6 Å². The first-order valence-corrected chi connectivity index (χ1v) is 16.6. The summed E-state index contributed by atoms with van der Waals surface area (Å²) in [5, 5.41) is 0. The van der Waals surface area contributed by atoms with Crippen molar-refractivity contribution in [1.29, 1.82) is 0 Å². The normalized spacial score (nSPS) is 13.1. The van der Waals surface area contributed by atoms with Gasteiger partial charge in [0.15, 0.2) is 6.04 Å². The van der Waals surface area contributed by atoms with Crippen LogP contribution in [0.4, 0.5) is 0 Å². The molecular formula is C37H60NO3+. The number of carbonyl (C=O) groups excluding carboxylic acids is 1. The Morgan fingerprint density at radius 2 is 1.29 bits per heavy atom. The molecule has 0 aliphatic heterocycles. The van der Waals surface area contributed by atoms with Crippen LogP contribution in [0.15, 0.2) is 54.6 Å². The van der Waals surface area contributed by atoms with Gasteiger partial charge in [-0.25, -0.2) is 4.79 Å². The first-order valence-electron chi connectivity index (χ1n) is 16.6. The summed E-state index contributed by atoms with van der Waals surface area (Å²) < 4.78 is 12.7. The Bertz CT molecular complexity index is 942. The fourth-order valence-corrected chi connectivity index (χ4v) is 5.72. The molecule has 0 aliphatic carbocycles. The molecule has 0 heterocycles. The Morgan fingerprint density at radius 3 is 1.90 bits per heavy atom. The third kappa shape index (κ3) is 14.4. The molecule has 2 atom stereocenters. The van der Waals surface area contributed by atoms with E-state index in [2.05, 4.69) is 64.3 Å². The Hall–Kier alpha value is -2.33. The lowest BCUT2D eigenvalue weighted by Crippen LogP contribution is -2.53. The summed E-state index contributed by atoms with van der Waals surface area (Å²) in [7, 11) is 4.25. The predicted octanol–water partition coefficient (Wildman–Crippen LogP) is 9.69. The van der Waals surface area contributed by atoms with Gasteiger partial charge in [-0.1, -0.05) is 133 Å². The zero-order valence-electron chi connectivity index (χ0n) is 27.0. The highest BCUT2D eigenvalue weighted by Gasteiger charge is 2.36. The lowest BCUT2D eigenvalue weighted by Gasteiger charge is -2.36. The highest BCUT2D eigenvalue weighted by atomic mass is 16.6. The largest absolute Gasteiger partial charge is 0.487 e. The van der Waals surface area contributed by atoms with E-state index in [1.807, 2.05) is 25.1 Å². The molecule has 230 valence electrons. The van der Waals surface area contributed by atoms with E-state index in [9.17, 15) is 4.79 Å². The number of unbranched alkanes of at least 4 members (excludes halogenated alkanes) is 11. The van der Waals surface area contributed by atoms with Crippen LogP contribution in [0, 0.1) is 0 Å². The molecule has 0 bridgehead atoms. The number of esters is 1. The quantitative estimate of drug-likeness (QED) is 0.0763. The lowest BCUT2D eigenvalue weighted by atomic mass is 10.0. The summed E-state index contributed by atoms with van der Waals surface area (Å²) in [5.74, 6) is 0.789. The number of benzene rings is 2. The second kappa shape index (κ2) is 20.5. The highest BCUT2D eigenvalue weighted by Crippen LogP contribution is 2.23. The first kappa shape index (κ1) is 34.9. The summed E-state index contributed by atoms with van der Waals surface area (Å²) in [4.78, 5) is 13.2. The van der Waals surface area contributed by atoms with Crippen LogP contribution in [-0.4, -0.2) is 43.3 Å². The number of carbonyl (C=O) groups is 1. The zero-order chi connectivity index (χ0) is 29.8. The predicted molar refractivity (Wildman–Crippen MR) is 173 cm³/mol. The van der Waals surface area contributed by atoms with Crippen LogP contribution in [0.1, 0.15) is 122 Å². The summed E-state index contributed by atoms with van der Waals surface area (Å²) >= 11 is 0. The lowest BCUT2D eigenvalue weighted by molar-refractivity contribution is -0.920. The standard InChI is InChI=1S/C37H60NO3/c1-6-8-9-10-11-12-13-14-15-16-17-21-27-34-28-22-23-29-36(34)41-32(3)31-40-37(39)35(24-7-2)38(4,5)30-33-25-19-18-20-26-33/h18-20,22-23,25-26,28-29,32,35H,6-17,21,24,27,30-31H2,1-5H3/q+1. The SMILES string of the molecule is CCCCCCCCCCCCCCc1ccccc1OC(C)COC(=O)C(CCC)[N+](C)(C)Cc1ccccc1. The van der Waals surface area contributed by atoms with Gasteiger partial charge in [0.25, 0.3) is 0 Å². The molecule has 0 aliphatic rings. The van der Waals surface area contributed by atoms with Crippen LogP contribution in [0.2, 0.25) is 0 Å². The minimum Gasteiger partial charge on any atom is -0.487 e. The third-order valence-electron chi connectivity index (χ3n) is 8.17. The molecular weight excluding hydrogens is 506 g/mol. The van der Waals surface area contributed by atoms with Crippen molar-refractivity contribution in [3.63, 3.8) is 0 Å². The van der Waals surface area contributed by atoms with Crippen LogP contribution < -0.4 is 4.74 Å². The van der Waals surface area contributed by atoms with E-state index in [-0.39, 0.29) is 24.7 Å². The summed E-state index contributed by atoms with van der Waals surface area (Å²) in [6, 6.07) is 18.5. The van der Waals surface area contributed by atoms with E-state index in [4.69, 9.17) is 9.47 Å². The number of nitrogens with zero attached hydrogens (tertiary/aromatic N) is 1. The summed E-state index contributed by atoms with van der Waals surface area (Å²) in [6.45, 7) is 7.45. The van der Waals surface area contributed by atoms with Crippen LogP contribution in [0.5, 0.6) is 5.75 Å². The van der Waals surface area contributed by atoms with Gasteiger partial charge in [-0.05, 0) is 37.8 Å². The zero-order valence-corrected chi connectivity index (χ0v) is 27.0. The maximum Gasteiger partial charge on any atom is 0.365 e. The first-order chi connectivity index (χ1) is 19.9. The monoisotopic (exact) mass is 566 g/mol. The number of hydrogen-bond donors (Lipinski definition) is 0. The van der Waals surface area contributed by atoms with Crippen LogP contribution >= 0.6 is 0 Å². The second-order valence-corrected chi connectivity index (χ2v) is 12.5. The molecule has 0 radical (unpaired) electrons. The molecule has 2 unspecified atom stereocenters. The number of rotatable bonds is 23. The molecule has 0 saturated heterocycles. The van der Waals surface area contributed by atoms with Crippen molar-refractivity contribution in [1.82, 2.24) is 0 Å². The number of para-hydroxylation sites is 1. The van der Waals surface area contributed by atoms with Gasteiger partial charge in [-0.3, -0.25) is 0 Å². The van der Waals surface area contributed by atoms with Gasteiger partial charge in [0, 0.05) is 12.0 Å². The van der Waals surface area contributed by atoms with Gasteiger partial charge in [-0.15, -0.1) is 0 Å². The van der Waals surface area contributed by atoms with Gasteiger partial charge in [-0.2, -0.15) is 0 Å². The van der Waals surface area contributed by atoms with E-state index >= 15 is 0 Å². The second-order valence-electron chi connectivity index (χ2n) is 12.5. The van der Waals surface area contributed by atoms with Crippen LogP contribution in [-0.2, 0) is 22.5 Å². The molecule has 4 heteroatoms. The summed E-state index contributed by atoms with van der Waals surface area (Å²) in [5.41, 5.74) is 2.48. The minimum atomic E-state index is -0.203. The van der Waals surface area contributed by atoms with Crippen molar-refractivity contribution in [2.75, 3.05) is 20.7 Å². The van der Waals surface area contributed by atoms with Gasteiger partial charge >= 0.3 is 5.97 Å². The molecule has 41 heavy (non-hydrogen) atoms. The third-order valence-corrected chi connectivity index (χ3v) is 8.17. The number of ether oxygens (including phenoxy) is 2. The Labute approximate surface area is 252 Å². The minimum absolute atomic E-state index is 0.131. The molecule has 2 rings (SSSR count). The van der Waals surface area contributed by atoms with Crippen LogP contribution in [0.25, 0.3) is 0 Å². The van der Waals surface area contributed by atoms with Crippen molar-refractivity contribution < 1.29 is 18.8 Å². The Balaban J connectivity index is 1.73. The fourth-order valence-electron chi connectivity index (χ4n) is 5.72. The molecule has 0 spiro atoms. The average Bonchev–Trinajstić information content (AvgIpc) is 2.96. The molecule has 2 aromatic carbocycles. The van der Waals surface area contributed by atoms with E-state index < -0.39 is 0 Å². The highest BCUT2D eigenvalue weighted by molar-refractivity contribution is 5.74. The van der Waals surface area contributed by atoms with Gasteiger partial charge in [0.2, 0.25) is 0 Å². The van der Waals surface area contributed by atoms with E-state index in [1.165, 1.54) is 88.2 Å². The molecule has 0 fully saturated rings. The van der Waals surface area contributed by atoms with E-state index in [1.54, 1.807) is 0 Å². The number of hydrogen-bond acceptors (Lipinski definition) is 3. The number of aryl methyl sites for hydroxylation is 1. The van der Waals surface area contributed by atoms with Gasteiger partial charge in [0.05, 0.1) is 14.1 Å². The maximum atomic E-state index is 13.2. The topological polar surface area (TPSA) is 35.5 Å². The summed E-state index contributed by atoms with van der Waals surface area (Å²) in [6.07, 6.45) is 18.9. The van der Waals surface area contributed by atoms with E-state index in [0.29, 0.717) is 4.48 Å². The molecule has 0 aromatic heterocycles. The van der Waals surface area contributed by atoms with Crippen molar-refractivity contribution in [2.24, 2.45) is 0 Å². The van der Waals surface area contributed by atoms with Crippen molar-refractivity contribution in [2.45, 2.75) is 136 Å². The fraction of sp³-hybridized carbons (Fsp3) is 0.649.